The maximum atomic E-state index is 9.46. The summed E-state index contributed by atoms with van der Waals surface area (Å²) in [7, 11) is 2.03. The molecule has 1 aromatic carbocycles. The Kier molecular flexibility index (Phi) is 5.39. The van der Waals surface area contributed by atoms with Crippen LogP contribution in [0.4, 0.5) is 5.69 Å². The second kappa shape index (κ2) is 6.40. The van der Waals surface area contributed by atoms with E-state index in [-0.39, 0.29) is 12.1 Å². The molecule has 0 aliphatic heterocycles. The summed E-state index contributed by atoms with van der Waals surface area (Å²) in [5.41, 5.74) is 3.47. The molecule has 0 bridgehead atoms. The highest BCUT2D eigenvalue weighted by Crippen LogP contribution is 2.26. The molecule has 3 heteroatoms. The summed E-state index contributed by atoms with van der Waals surface area (Å²) in [6, 6.07) is 7.01. The van der Waals surface area contributed by atoms with Crippen LogP contribution in [0.15, 0.2) is 18.2 Å². The molecule has 0 aliphatic carbocycles. The van der Waals surface area contributed by atoms with Gasteiger partial charge in [-0.1, -0.05) is 26.0 Å². The Morgan fingerprint density at radius 1 is 1.32 bits per heavy atom. The monoisotopic (exact) mass is 264 g/mol. The summed E-state index contributed by atoms with van der Waals surface area (Å²) in [5.74, 6) is 0. The lowest BCUT2D eigenvalue weighted by molar-refractivity contribution is 0.216. The molecule has 0 spiro atoms. The van der Waals surface area contributed by atoms with Crippen LogP contribution in [-0.4, -0.2) is 30.3 Å². The average Bonchev–Trinajstić information content (AvgIpc) is 2.35. The first-order valence-corrected chi connectivity index (χ1v) is 6.95. The minimum absolute atomic E-state index is 0.138. The van der Waals surface area contributed by atoms with Gasteiger partial charge in [-0.25, -0.2) is 0 Å². The minimum atomic E-state index is -0.248. The molecule has 1 rings (SSSR count). The predicted molar refractivity (Wildman–Crippen MR) is 82.7 cm³/mol. The van der Waals surface area contributed by atoms with E-state index in [1.54, 1.807) is 0 Å². The van der Waals surface area contributed by atoms with Crippen molar-refractivity contribution >= 4 is 5.69 Å². The van der Waals surface area contributed by atoms with E-state index < -0.39 is 0 Å². The molecule has 108 valence electrons. The van der Waals surface area contributed by atoms with Crippen LogP contribution in [0.5, 0.6) is 0 Å². The number of likely N-dealkylation sites (N-methyl/N-ethyl adjacent to an activating group) is 1. The molecule has 0 fully saturated rings. The number of anilines is 1. The molecule has 0 amide bonds. The minimum Gasteiger partial charge on any atom is -0.394 e. The molecule has 0 radical (unpaired) electrons. The molecule has 0 unspecified atom stereocenters. The molecule has 3 nitrogen and oxygen atoms in total. The lowest BCUT2D eigenvalue weighted by atomic mass is 10.0. The third kappa shape index (κ3) is 4.22. The van der Waals surface area contributed by atoms with Crippen LogP contribution in [-0.2, 0) is 6.54 Å². The number of aliphatic hydroxyl groups is 1. The van der Waals surface area contributed by atoms with Gasteiger partial charge >= 0.3 is 0 Å². The largest absolute Gasteiger partial charge is 0.394 e. The number of hydrogen-bond donors (Lipinski definition) is 2. The van der Waals surface area contributed by atoms with Crippen LogP contribution in [0.1, 0.15) is 38.8 Å². The van der Waals surface area contributed by atoms with Gasteiger partial charge in [-0.2, -0.15) is 0 Å². The maximum absolute atomic E-state index is 9.46. The van der Waals surface area contributed by atoms with Crippen LogP contribution in [0.2, 0.25) is 0 Å². The Morgan fingerprint density at radius 3 is 2.42 bits per heavy atom. The quantitative estimate of drug-likeness (QED) is 0.829. The predicted octanol–water partition coefficient (Wildman–Crippen LogP) is 2.70. The van der Waals surface area contributed by atoms with Crippen LogP contribution >= 0.6 is 0 Å². The van der Waals surface area contributed by atoms with Crippen molar-refractivity contribution in [2.24, 2.45) is 0 Å². The third-order valence-corrected chi connectivity index (χ3v) is 3.63. The Bertz CT molecular complexity index is 413. The van der Waals surface area contributed by atoms with Gasteiger partial charge < -0.3 is 15.3 Å². The summed E-state index contributed by atoms with van der Waals surface area (Å²) in [6.45, 7) is 11.5. The Hall–Kier alpha value is -1.06. The van der Waals surface area contributed by atoms with Gasteiger partial charge in [0.15, 0.2) is 0 Å². The van der Waals surface area contributed by atoms with Gasteiger partial charge in [0.1, 0.15) is 0 Å². The molecule has 0 aromatic heterocycles. The van der Waals surface area contributed by atoms with Gasteiger partial charge in [0, 0.05) is 25.3 Å². The molecular weight excluding hydrogens is 236 g/mol. The Morgan fingerprint density at radius 2 is 1.95 bits per heavy atom. The molecule has 19 heavy (non-hydrogen) atoms. The van der Waals surface area contributed by atoms with Crippen LogP contribution in [0, 0.1) is 6.92 Å². The number of hydrogen-bond acceptors (Lipinski definition) is 3. The highest BCUT2D eigenvalue weighted by Gasteiger charge is 2.23. The number of benzene rings is 1. The normalized spacial score (nSPS) is 12.0. The maximum Gasteiger partial charge on any atom is 0.0658 e. The van der Waals surface area contributed by atoms with E-state index in [1.807, 2.05) is 20.9 Å². The van der Waals surface area contributed by atoms with E-state index in [4.69, 9.17) is 0 Å². The van der Waals surface area contributed by atoms with E-state index in [0.717, 1.165) is 6.54 Å². The first-order valence-electron chi connectivity index (χ1n) is 6.95. The van der Waals surface area contributed by atoms with Crippen LogP contribution < -0.4 is 10.2 Å². The Labute approximate surface area is 117 Å². The first-order chi connectivity index (χ1) is 8.77. The number of aryl methyl sites for hydroxylation is 1. The molecule has 0 aliphatic rings. The van der Waals surface area contributed by atoms with Crippen molar-refractivity contribution in [1.29, 1.82) is 0 Å². The molecule has 2 N–H and O–H groups in total. The van der Waals surface area contributed by atoms with E-state index in [2.05, 4.69) is 49.2 Å². The van der Waals surface area contributed by atoms with E-state index in [0.29, 0.717) is 6.04 Å². The molecular formula is C16H28N2O. The van der Waals surface area contributed by atoms with Crippen molar-refractivity contribution < 1.29 is 5.11 Å². The second-order valence-electron chi connectivity index (χ2n) is 6.19. The zero-order valence-electron chi connectivity index (χ0n) is 13.1. The summed E-state index contributed by atoms with van der Waals surface area (Å²) in [4.78, 5) is 2.14. The fourth-order valence-corrected chi connectivity index (χ4v) is 1.96. The lowest BCUT2D eigenvalue weighted by Gasteiger charge is -2.37. The Balaban J connectivity index is 2.88. The average molecular weight is 264 g/mol. The van der Waals surface area contributed by atoms with Crippen LogP contribution in [0.25, 0.3) is 0 Å². The fourth-order valence-electron chi connectivity index (χ4n) is 1.96. The number of rotatable bonds is 6. The number of nitrogens with one attached hydrogen (secondary N) is 1. The van der Waals surface area contributed by atoms with Crippen molar-refractivity contribution in [1.82, 2.24) is 5.32 Å². The summed E-state index contributed by atoms with van der Waals surface area (Å²) in [6.07, 6.45) is 0. The van der Waals surface area contributed by atoms with E-state index in [9.17, 15) is 5.11 Å². The van der Waals surface area contributed by atoms with Gasteiger partial charge in [-0.05, 0) is 38.0 Å². The third-order valence-electron chi connectivity index (χ3n) is 3.63. The van der Waals surface area contributed by atoms with Crippen molar-refractivity contribution in [3.05, 3.63) is 29.3 Å². The van der Waals surface area contributed by atoms with Gasteiger partial charge in [-0.3, -0.25) is 0 Å². The van der Waals surface area contributed by atoms with Gasteiger partial charge in [0.25, 0.3) is 0 Å². The van der Waals surface area contributed by atoms with Crippen LogP contribution in [0.3, 0.4) is 0 Å². The van der Waals surface area contributed by atoms with E-state index in [1.165, 1.54) is 16.8 Å². The molecule has 1 aromatic rings. The summed E-state index contributed by atoms with van der Waals surface area (Å²) in [5, 5.41) is 12.9. The topological polar surface area (TPSA) is 35.5 Å². The summed E-state index contributed by atoms with van der Waals surface area (Å²) >= 11 is 0. The zero-order valence-corrected chi connectivity index (χ0v) is 13.1. The fraction of sp³-hybridized carbons (Fsp3) is 0.625. The molecule has 0 saturated heterocycles. The number of nitrogens with zero attached hydrogens (tertiary/aromatic N) is 1. The van der Waals surface area contributed by atoms with Crippen molar-refractivity contribution in [2.75, 3.05) is 18.6 Å². The standard InChI is InChI=1S/C16H28N2O/c1-12(2)17-10-14-7-8-15(13(3)9-14)18(6)16(4,5)11-19/h7-9,12,17,19H,10-11H2,1-6H3. The lowest BCUT2D eigenvalue weighted by Crippen LogP contribution is -2.44. The van der Waals surface area contributed by atoms with E-state index >= 15 is 0 Å². The van der Waals surface area contributed by atoms with Crippen molar-refractivity contribution in [2.45, 2.75) is 52.7 Å². The summed E-state index contributed by atoms with van der Waals surface area (Å²) < 4.78 is 0. The molecule has 0 saturated carbocycles. The first kappa shape index (κ1) is 16.0. The highest BCUT2D eigenvalue weighted by molar-refractivity contribution is 5.55. The zero-order chi connectivity index (χ0) is 14.6. The molecule has 0 atom stereocenters. The van der Waals surface area contributed by atoms with Crippen molar-refractivity contribution in [3.8, 4) is 0 Å². The van der Waals surface area contributed by atoms with Gasteiger partial charge in [0.05, 0.1) is 12.1 Å². The SMILES string of the molecule is Cc1cc(CNC(C)C)ccc1N(C)C(C)(C)CO. The van der Waals surface area contributed by atoms with Crippen molar-refractivity contribution in [3.63, 3.8) is 0 Å². The molecule has 0 heterocycles. The smallest absolute Gasteiger partial charge is 0.0658 e. The highest BCUT2D eigenvalue weighted by atomic mass is 16.3. The van der Waals surface area contributed by atoms with Gasteiger partial charge in [0.2, 0.25) is 0 Å². The second-order valence-corrected chi connectivity index (χ2v) is 6.19. The number of aliphatic hydroxyl groups excluding tert-OH is 1. The van der Waals surface area contributed by atoms with Gasteiger partial charge in [-0.15, -0.1) is 0 Å².